The largest absolute Gasteiger partial charge is 0.481 e. The second-order valence-electron chi connectivity index (χ2n) is 4.05. The molecule has 0 spiro atoms. The fraction of sp³-hybridized carbons (Fsp3) is 0.214. The van der Waals surface area contributed by atoms with Crippen LogP contribution in [0.25, 0.3) is 11.3 Å². The number of nitrogens with two attached hydrogens (primary N) is 1. The molecule has 0 bridgehead atoms. The Bertz CT molecular complexity index is 567. The second-order valence-corrected chi connectivity index (χ2v) is 4.05. The van der Waals surface area contributed by atoms with E-state index in [9.17, 15) is 0 Å². The number of methoxy groups -OCH3 is 1. The number of hydrogen-bond donors (Lipinski definition) is 2. The van der Waals surface area contributed by atoms with Gasteiger partial charge in [-0.15, -0.1) is 0 Å². The summed E-state index contributed by atoms with van der Waals surface area (Å²) < 4.78 is 5.25. The lowest BCUT2D eigenvalue weighted by molar-refractivity contribution is 0.395. The van der Waals surface area contributed by atoms with Gasteiger partial charge in [-0.25, -0.2) is 4.98 Å². The third-order valence-electron chi connectivity index (χ3n) is 2.84. The van der Waals surface area contributed by atoms with Gasteiger partial charge in [0, 0.05) is 23.9 Å². The molecule has 0 saturated heterocycles. The number of nitrogens with one attached hydrogen (secondary N) is 1. The van der Waals surface area contributed by atoms with Gasteiger partial charge in [0.1, 0.15) is 0 Å². The Morgan fingerprint density at radius 2 is 2.00 bits per heavy atom. The average molecular weight is 243 g/mol. The van der Waals surface area contributed by atoms with Crippen molar-refractivity contribution in [1.29, 1.82) is 0 Å². The minimum absolute atomic E-state index is 0.602. The molecule has 3 N–H and O–H groups in total. The number of nitrogens with zero attached hydrogens (tertiary/aromatic N) is 1. The maximum atomic E-state index is 6.05. The number of benzene rings is 1. The van der Waals surface area contributed by atoms with Gasteiger partial charge in [0.2, 0.25) is 5.88 Å². The molecule has 0 amide bonds. The number of aryl methyl sites for hydroxylation is 1. The molecule has 1 aromatic carbocycles. The van der Waals surface area contributed by atoms with Crippen molar-refractivity contribution in [2.75, 3.05) is 25.2 Å². The first-order chi connectivity index (χ1) is 8.67. The Labute approximate surface area is 107 Å². The molecule has 0 unspecified atom stereocenters. The maximum Gasteiger partial charge on any atom is 0.216 e. The average Bonchev–Trinajstić information content (AvgIpc) is 2.39. The van der Waals surface area contributed by atoms with Crippen molar-refractivity contribution in [2.45, 2.75) is 6.92 Å². The van der Waals surface area contributed by atoms with Crippen LogP contribution in [0.3, 0.4) is 0 Å². The Morgan fingerprint density at radius 3 is 2.67 bits per heavy atom. The predicted octanol–water partition coefficient (Wildman–Crippen LogP) is 2.69. The van der Waals surface area contributed by atoms with Crippen molar-refractivity contribution in [2.24, 2.45) is 0 Å². The van der Waals surface area contributed by atoms with Gasteiger partial charge in [0.25, 0.3) is 0 Å². The summed E-state index contributed by atoms with van der Waals surface area (Å²) in [6.07, 6.45) is 0. The summed E-state index contributed by atoms with van der Waals surface area (Å²) in [6, 6.07) is 9.79. The topological polar surface area (TPSA) is 60.2 Å². The number of hydrogen-bond acceptors (Lipinski definition) is 4. The number of aromatic nitrogens is 1. The molecule has 0 radical (unpaired) electrons. The smallest absolute Gasteiger partial charge is 0.216 e. The van der Waals surface area contributed by atoms with Crippen LogP contribution in [0.2, 0.25) is 0 Å². The number of pyridine rings is 1. The third kappa shape index (κ3) is 2.09. The van der Waals surface area contributed by atoms with Crippen molar-refractivity contribution >= 4 is 11.4 Å². The molecule has 18 heavy (non-hydrogen) atoms. The molecule has 2 aromatic rings. The maximum absolute atomic E-state index is 6.05. The van der Waals surface area contributed by atoms with E-state index in [0.717, 1.165) is 22.5 Å². The fourth-order valence-corrected chi connectivity index (χ4v) is 1.95. The van der Waals surface area contributed by atoms with Crippen molar-refractivity contribution in [3.63, 3.8) is 0 Å². The van der Waals surface area contributed by atoms with Gasteiger partial charge in [-0.3, -0.25) is 0 Å². The lowest BCUT2D eigenvalue weighted by Crippen LogP contribution is -2.01. The van der Waals surface area contributed by atoms with E-state index in [2.05, 4.69) is 10.3 Å². The van der Waals surface area contributed by atoms with E-state index >= 15 is 0 Å². The highest BCUT2D eigenvalue weighted by Gasteiger charge is 2.12. The van der Waals surface area contributed by atoms with Crippen molar-refractivity contribution in [1.82, 2.24) is 4.98 Å². The van der Waals surface area contributed by atoms with Crippen molar-refractivity contribution < 1.29 is 4.74 Å². The normalized spacial score (nSPS) is 10.2. The molecule has 1 heterocycles. The zero-order valence-corrected chi connectivity index (χ0v) is 10.8. The summed E-state index contributed by atoms with van der Waals surface area (Å²) in [7, 11) is 3.49. The van der Waals surface area contributed by atoms with E-state index in [1.54, 1.807) is 7.11 Å². The van der Waals surface area contributed by atoms with E-state index in [0.29, 0.717) is 11.6 Å². The Hall–Kier alpha value is -2.23. The summed E-state index contributed by atoms with van der Waals surface area (Å²) in [5.41, 5.74) is 10.3. The van der Waals surface area contributed by atoms with E-state index in [1.807, 2.05) is 44.3 Å². The molecule has 4 heteroatoms. The molecule has 2 rings (SSSR count). The van der Waals surface area contributed by atoms with Crippen LogP contribution in [-0.2, 0) is 0 Å². The van der Waals surface area contributed by atoms with Crippen molar-refractivity contribution in [3.05, 3.63) is 35.9 Å². The number of ether oxygens (including phenoxy) is 1. The summed E-state index contributed by atoms with van der Waals surface area (Å²) in [5.74, 6) is 0.602. The minimum atomic E-state index is 0.602. The summed E-state index contributed by atoms with van der Waals surface area (Å²) in [4.78, 5) is 4.48. The van der Waals surface area contributed by atoms with E-state index in [1.165, 1.54) is 0 Å². The van der Waals surface area contributed by atoms with Crippen LogP contribution in [0.5, 0.6) is 5.88 Å². The number of rotatable bonds is 3. The van der Waals surface area contributed by atoms with Crippen LogP contribution in [0.1, 0.15) is 5.56 Å². The number of anilines is 2. The first-order valence-corrected chi connectivity index (χ1v) is 5.75. The van der Waals surface area contributed by atoms with Gasteiger partial charge < -0.3 is 15.8 Å². The van der Waals surface area contributed by atoms with Crippen molar-refractivity contribution in [3.8, 4) is 17.1 Å². The Kier molecular flexibility index (Phi) is 3.37. The second kappa shape index (κ2) is 4.96. The molecule has 1 aromatic heterocycles. The summed E-state index contributed by atoms with van der Waals surface area (Å²) in [6.45, 7) is 1.93. The zero-order valence-electron chi connectivity index (χ0n) is 10.8. The van der Waals surface area contributed by atoms with Crippen LogP contribution in [0.15, 0.2) is 30.3 Å². The van der Waals surface area contributed by atoms with E-state index in [4.69, 9.17) is 10.5 Å². The van der Waals surface area contributed by atoms with Gasteiger partial charge in [-0.1, -0.05) is 18.2 Å². The molecule has 0 atom stereocenters. The van der Waals surface area contributed by atoms with E-state index in [-0.39, 0.29) is 0 Å². The molecule has 0 aliphatic heterocycles. The highest BCUT2D eigenvalue weighted by atomic mass is 16.5. The number of para-hydroxylation sites is 1. The van der Waals surface area contributed by atoms with Gasteiger partial charge in [-0.05, 0) is 19.1 Å². The minimum Gasteiger partial charge on any atom is -0.481 e. The highest BCUT2D eigenvalue weighted by molar-refractivity contribution is 5.83. The molecule has 94 valence electrons. The molecule has 0 saturated carbocycles. The molecule has 0 aliphatic carbocycles. The van der Waals surface area contributed by atoms with Crippen LogP contribution < -0.4 is 15.8 Å². The van der Waals surface area contributed by atoms with Crippen LogP contribution in [0.4, 0.5) is 11.4 Å². The molecule has 0 fully saturated rings. The Morgan fingerprint density at radius 1 is 1.28 bits per heavy atom. The SMILES string of the molecule is CNc1ccccc1-c1nc(OC)c(C)cc1N. The molecular formula is C14H17N3O. The highest BCUT2D eigenvalue weighted by Crippen LogP contribution is 2.33. The zero-order chi connectivity index (χ0) is 13.1. The predicted molar refractivity (Wildman–Crippen MR) is 74.9 cm³/mol. The monoisotopic (exact) mass is 243 g/mol. The van der Waals surface area contributed by atoms with Gasteiger partial charge in [0.15, 0.2) is 0 Å². The molecular weight excluding hydrogens is 226 g/mol. The van der Waals surface area contributed by atoms with E-state index < -0.39 is 0 Å². The van der Waals surface area contributed by atoms with Crippen LogP contribution in [0, 0.1) is 6.92 Å². The van der Waals surface area contributed by atoms with Gasteiger partial charge in [0.05, 0.1) is 18.5 Å². The molecule has 0 aliphatic rings. The first-order valence-electron chi connectivity index (χ1n) is 5.75. The lowest BCUT2D eigenvalue weighted by atomic mass is 10.1. The standard InChI is InChI=1S/C14H17N3O/c1-9-8-11(15)13(17-14(9)18-3)10-6-4-5-7-12(10)16-2/h4-8,16H,15H2,1-3H3. The first kappa shape index (κ1) is 12.2. The lowest BCUT2D eigenvalue weighted by Gasteiger charge is -2.13. The van der Waals surface area contributed by atoms with Gasteiger partial charge in [-0.2, -0.15) is 0 Å². The third-order valence-corrected chi connectivity index (χ3v) is 2.84. The van der Waals surface area contributed by atoms with Gasteiger partial charge >= 0.3 is 0 Å². The fourth-order valence-electron chi connectivity index (χ4n) is 1.95. The van der Waals surface area contributed by atoms with Crippen LogP contribution in [-0.4, -0.2) is 19.1 Å². The Balaban J connectivity index is 2.63. The molecule has 4 nitrogen and oxygen atoms in total. The van der Waals surface area contributed by atoms with Crippen LogP contribution >= 0.6 is 0 Å². The quantitative estimate of drug-likeness (QED) is 0.870. The number of nitrogen functional groups attached to an aromatic ring is 1. The summed E-state index contributed by atoms with van der Waals surface area (Å²) >= 11 is 0. The summed E-state index contributed by atoms with van der Waals surface area (Å²) in [5, 5.41) is 3.14.